The molecule has 0 unspecified atom stereocenters. The van der Waals surface area contributed by atoms with E-state index in [1.165, 1.54) is 25.4 Å². The van der Waals surface area contributed by atoms with E-state index in [9.17, 15) is 14.4 Å². The number of hydrogen-bond acceptors (Lipinski definition) is 6. The number of piperazine rings is 1. The minimum absolute atomic E-state index is 0.0526. The second-order valence-electron chi connectivity index (χ2n) is 6.83. The predicted molar refractivity (Wildman–Crippen MR) is 113 cm³/mol. The highest BCUT2D eigenvalue weighted by Gasteiger charge is 2.27. The first kappa shape index (κ1) is 21.6. The average Bonchev–Trinajstić information content (AvgIpc) is 3.25. The number of hydrogen-bond donors (Lipinski definition) is 1. The van der Waals surface area contributed by atoms with Crippen molar-refractivity contribution in [3.63, 3.8) is 0 Å². The molecule has 30 heavy (non-hydrogen) atoms. The first-order valence-electron chi connectivity index (χ1n) is 9.56. The van der Waals surface area contributed by atoms with E-state index < -0.39 is 0 Å². The Balaban J connectivity index is 1.60. The van der Waals surface area contributed by atoms with Gasteiger partial charge in [-0.15, -0.1) is 11.3 Å². The average molecular weight is 432 g/mol. The second kappa shape index (κ2) is 9.62. The molecule has 1 saturated heterocycles. The SMILES string of the molecule is COc1ccc(C(=O)N2CCN(C(=O)c3ccc(CNC(C)=O)s3)CC2)c(OC)c1. The highest BCUT2D eigenvalue weighted by molar-refractivity contribution is 7.14. The van der Waals surface area contributed by atoms with Crippen molar-refractivity contribution in [1.29, 1.82) is 0 Å². The summed E-state index contributed by atoms with van der Waals surface area (Å²) < 4.78 is 10.5. The summed E-state index contributed by atoms with van der Waals surface area (Å²) in [5, 5.41) is 2.73. The van der Waals surface area contributed by atoms with Crippen LogP contribution >= 0.6 is 11.3 Å². The van der Waals surface area contributed by atoms with Gasteiger partial charge in [0.1, 0.15) is 11.5 Å². The summed E-state index contributed by atoms with van der Waals surface area (Å²) in [4.78, 5) is 41.8. The molecule has 1 fully saturated rings. The van der Waals surface area contributed by atoms with Crippen LogP contribution in [0.15, 0.2) is 30.3 Å². The third-order valence-corrected chi connectivity index (χ3v) is 5.95. The summed E-state index contributed by atoms with van der Waals surface area (Å²) in [5.41, 5.74) is 0.471. The molecule has 0 atom stereocenters. The third kappa shape index (κ3) is 4.91. The number of benzene rings is 1. The lowest BCUT2D eigenvalue weighted by Crippen LogP contribution is -2.50. The molecule has 1 aromatic carbocycles. The van der Waals surface area contributed by atoms with E-state index in [0.717, 1.165) is 4.88 Å². The number of nitrogens with zero attached hydrogens (tertiary/aromatic N) is 2. The summed E-state index contributed by atoms with van der Waals surface area (Å²) in [7, 11) is 3.08. The largest absolute Gasteiger partial charge is 0.497 e. The van der Waals surface area contributed by atoms with E-state index in [4.69, 9.17) is 9.47 Å². The Bertz CT molecular complexity index is 934. The van der Waals surface area contributed by atoms with Crippen LogP contribution < -0.4 is 14.8 Å². The fraction of sp³-hybridized carbons (Fsp3) is 0.381. The number of amides is 3. The van der Waals surface area contributed by atoms with Gasteiger partial charge in [0.2, 0.25) is 5.91 Å². The minimum Gasteiger partial charge on any atom is -0.497 e. The minimum atomic E-state index is -0.129. The van der Waals surface area contributed by atoms with Gasteiger partial charge in [-0.25, -0.2) is 0 Å². The molecule has 8 nitrogen and oxygen atoms in total. The second-order valence-corrected chi connectivity index (χ2v) is 7.99. The van der Waals surface area contributed by atoms with E-state index in [1.807, 2.05) is 6.07 Å². The number of carbonyl (C=O) groups excluding carboxylic acids is 3. The summed E-state index contributed by atoms with van der Waals surface area (Å²) in [6, 6.07) is 8.74. The molecule has 0 aliphatic carbocycles. The maximum Gasteiger partial charge on any atom is 0.264 e. The number of methoxy groups -OCH3 is 2. The van der Waals surface area contributed by atoms with Crippen molar-refractivity contribution in [1.82, 2.24) is 15.1 Å². The summed E-state index contributed by atoms with van der Waals surface area (Å²) in [6.45, 7) is 3.69. The molecule has 160 valence electrons. The van der Waals surface area contributed by atoms with Crippen molar-refractivity contribution in [3.05, 3.63) is 45.6 Å². The molecule has 2 aromatic rings. The topological polar surface area (TPSA) is 88.2 Å². The molecule has 0 spiro atoms. The van der Waals surface area contributed by atoms with Gasteiger partial charge in [-0.1, -0.05) is 0 Å². The molecule has 2 heterocycles. The van der Waals surface area contributed by atoms with E-state index in [0.29, 0.717) is 54.7 Å². The van der Waals surface area contributed by atoms with Gasteiger partial charge in [-0.05, 0) is 24.3 Å². The van der Waals surface area contributed by atoms with Gasteiger partial charge in [0.05, 0.1) is 31.2 Å². The van der Waals surface area contributed by atoms with Crippen molar-refractivity contribution in [2.24, 2.45) is 0 Å². The lowest BCUT2D eigenvalue weighted by Gasteiger charge is -2.34. The normalized spacial score (nSPS) is 13.7. The number of rotatable bonds is 6. The molecule has 0 radical (unpaired) electrons. The molecule has 1 aliphatic rings. The Morgan fingerprint density at radius 2 is 1.63 bits per heavy atom. The number of ether oxygens (including phenoxy) is 2. The number of carbonyl (C=O) groups is 3. The lowest BCUT2D eigenvalue weighted by molar-refractivity contribution is -0.119. The van der Waals surface area contributed by atoms with E-state index >= 15 is 0 Å². The van der Waals surface area contributed by atoms with Crippen LogP contribution in [0.2, 0.25) is 0 Å². The number of nitrogens with one attached hydrogen (secondary N) is 1. The Kier molecular flexibility index (Phi) is 6.94. The zero-order valence-corrected chi connectivity index (χ0v) is 18.1. The molecule has 0 bridgehead atoms. The quantitative estimate of drug-likeness (QED) is 0.756. The summed E-state index contributed by atoms with van der Waals surface area (Å²) >= 11 is 1.37. The fourth-order valence-corrected chi connectivity index (χ4v) is 4.13. The van der Waals surface area contributed by atoms with E-state index in [-0.39, 0.29) is 17.7 Å². The highest BCUT2D eigenvalue weighted by Crippen LogP contribution is 2.26. The molecule has 0 saturated carbocycles. The van der Waals surface area contributed by atoms with Gasteiger partial charge in [-0.2, -0.15) is 0 Å². The van der Waals surface area contributed by atoms with Gasteiger partial charge in [-0.3, -0.25) is 14.4 Å². The lowest BCUT2D eigenvalue weighted by atomic mass is 10.1. The van der Waals surface area contributed by atoms with Crippen LogP contribution in [0.25, 0.3) is 0 Å². The zero-order valence-electron chi connectivity index (χ0n) is 17.3. The molecular weight excluding hydrogens is 406 g/mol. The zero-order chi connectivity index (χ0) is 21.7. The van der Waals surface area contributed by atoms with E-state index in [1.54, 1.807) is 41.2 Å². The smallest absolute Gasteiger partial charge is 0.264 e. The Morgan fingerprint density at radius 1 is 0.967 bits per heavy atom. The van der Waals surface area contributed by atoms with Crippen molar-refractivity contribution >= 4 is 29.1 Å². The first-order valence-corrected chi connectivity index (χ1v) is 10.4. The summed E-state index contributed by atoms with van der Waals surface area (Å²) in [5.74, 6) is 0.792. The van der Waals surface area contributed by atoms with Crippen molar-refractivity contribution in [2.75, 3.05) is 40.4 Å². The van der Waals surface area contributed by atoms with Crippen LogP contribution in [0.4, 0.5) is 0 Å². The number of thiophene rings is 1. The molecule has 1 aliphatic heterocycles. The molecular formula is C21H25N3O5S. The fourth-order valence-electron chi connectivity index (χ4n) is 3.21. The van der Waals surface area contributed by atoms with Crippen LogP contribution in [0.1, 0.15) is 31.8 Å². The molecule has 9 heteroatoms. The van der Waals surface area contributed by atoms with Crippen LogP contribution in [0.5, 0.6) is 11.5 Å². The third-order valence-electron chi connectivity index (χ3n) is 4.88. The monoisotopic (exact) mass is 431 g/mol. The van der Waals surface area contributed by atoms with Crippen LogP contribution in [0.3, 0.4) is 0 Å². The van der Waals surface area contributed by atoms with Gasteiger partial charge >= 0.3 is 0 Å². The Labute approximate surface area is 179 Å². The van der Waals surface area contributed by atoms with E-state index in [2.05, 4.69) is 5.32 Å². The van der Waals surface area contributed by atoms with Gasteiger partial charge < -0.3 is 24.6 Å². The van der Waals surface area contributed by atoms with Crippen molar-refractivity contribution in [3.8, 4) is 11.5 Å². The molecule has 1 N–H and O–H groups in total. The van der Waals surface area contributed by atoms with Crippen molar-refractivity contribution in [2.45, 2.75) is 13.5 Å². The van der Waals surface area contributed by atoms with Gasteiger partial charge in [0.15, 0.2) is 0 Å². The van der Waals surface area contributed by atoms with Crippen LogP contribution in [-0.2, 0) is 11.3 Å². The molecule has 3 rings (SSSR count). The predicted octanol–water partition coefficient (Wildman–Crippen LogP) is 2.00. The highest BCUT2D eigenvalue weighted by atomic mass is 32.1. The Morgan fingerprint density at radius 3 is 2.23 bits per heavy atom. The van der Waals surface area contributed by atoms with Crippen LogP contribution in [-0.4, -0.2) is 67.9 Å². The van der Waals surface area contributed by atoms with Crippen molar-refractivity contribution < 1.29 is 23.9 Å². The first-order chi connectivity index (χ1) is 14.4. The Hall–Kier alpha value is -3.07. The maximum absolute atomic E-state index is 12.9. The standard InChI is InChI=1S/C21H25N3O5S/c1-14(25)22-13-16-5-7-19(30-16)21(27)24-10-8-23(9-11-24)20(26)17-6-4-15(28-2)12-18(17)29-3/h4-7,12H,8-11,13H2,1-3H3,(H,22,25). The van der Waals surface area contributed by atoms with Crippen LogP contribution in [0, 0.1) is 0 Å². The van der Waals surface area contributed by atoms with Gasteiger partial charge in [0, 0.05) is 44.0 Å². The molecule has 1 aromatic heterocycles. The maximum atomic E-state index is 12.9. The van der Waals surface area contributed by atoms with Gasteiger partial charge in [0.25, 0.3) is 11.8 Å². The summed E-state index contributed by atoms with van der Waals surface area (Å²) in [6.07, 6.45) is 0. The molecule has 3 amide bonds.